The van der Waals surface area contributed by atoms with E-state index in [-0.39, 0.29) is 17.8 Å². The molecule has 4 rings (SSSR count). The lowest BCUT2D eigenvalue weighted by Crippen LogP contribution is -2.28. The lowest BCUT2D eigenvalue weighted by atomic mass is 10.2. The summed E-state index contributed by atoms with van der Waals surface area (Å²) >= 11 is 1.39. The van der Waals surface area contributed by atoms with Crippen LogP contribution in [0.25, 0.3) is 11.0 Å². The largest absolute Gasteiger partial charge is 0.342 e. The molecule has 0 spiro atoms. The maximum absolute atomic E-state index is 14.2. The fourth-order valence-electron chi connectivity index (χ4n) is 3.13. The van der Waals surface area contributed by atoms with Gasteiger partial charge in [-0.05, 0) is 36.6 Å². The third-order valence-corrected chi connectivity index (χ3v) is 5.32. The first-order valence-electron chi connectivity index (χ1n) is 8.66. The molecule has 2 aromatic heterocycles. The van der Waals surface area contributed by atoms with E-state index < -0.39 is 0 Å². The number of benzene rings is 2. The summed E-state index contributed by atoms with van der Waals surface area (Å²) in [5.74, 6) is 0.308. The molecular formula is C21H18FN3OS. The molecule has 0 fully saturated rings. The van der Waals surface area contributed by atoms with E-state index in [9.17, 15) is 9.18 Å². The predicted molar refractivity (Wildman–Crippen MR) is 105 cm³/mol. The number of fused-ring (bicyclic) bond motifs is 1. The molecule has 1 amide bonds. The zero-order chi connectivity index (χ0) is 18.8. The van der Waals surface area contributed by atoms with E-state index in [4.69, 9.17) is 4.98 Å². The second kappa shape index (κ2) is 7.32. The van der Waals surface area contributed by atoms with Crippen LogP contribution < -0.4 is 5.32 Å². The summed E-state index contributed by atoms with van der Waals surface area (Å²) in [7, 11) is 0. The van der Waals surface area contributed by atoms with Crippen molar-refractivity contribution in [2.24, 2.45) is 0 Å². The number of nitrogens with zero attached hydrogens (tertiary/aromatic N) is 2. The van der Waals surface area contributed by atoms with Gasteiger partial charge in [-0.15, -0.1) is 11.3 Å². The lowest BCUT2D eigenvalue weighted by molar-refractivity contribution is 0.0942. The number of halogens is 1. The Morgan fingerprint density at radius 2 is 1.93 bits per heavy atom. The third-order valence-electron chi connectivity index (χ3n) is 4.45. The average Bonchev–Trinajstić information content (AvgIpc) is 3.32. The molecule has 0 saturated heterocycles. The van der Waals surface area contributed by atoms with Crippen LogP contribution >= 0.6 is 11.3 Å². The fraction of sp³-hybridized carbons (Fsp3) is 0.143. The smallest absolute Gasteiger partial charge is 0.261 e. The Morgan fingerprint density at radius 3 is 2.70 bits per heavy atom. The molecule has 0 bridgehead atoms. The summed E-state index contributed by atoms with van der Waals surface area (Å²) in [6.07, 6.45) is 0. The summed E-state index contributed by atoms with van der Waals surface area (Å²) < 4.78 is 16.2. The van der Waals surface area contributed by atoms with Gasteiger partial charge in [0.15, 0.2) is 0 Å². The van der Waals surface area contributed by atoms with Crippen molar-refractivity contribution < 1.29 is 9.18 Å². The molecule has 0 aliphatic heterocycles. The van der Waals surface area contributed by atoms with E-state index in [1.807, 2.05) is 53.3 Å². The summed E-state index contributed by atoms with van der Waals surface area (Å²) in [4.78, 5) is 17.8. The van der Waals surface area contributed by atoms with Crippen LogP contribution in [0.1, 0.15) is 34.0 Å². The zero-order valence-corrected chi connectivity index (χ0v) is 15.5. The van der Waals surface area contributed by atoms with Crippen molar-refractivity contribution >= 4 is 28.3 Å². The Balaban J connectivity index is 1.71. The minimum absolute atomic E-state index is 0.137. The normalized spacial score (nSPS) is 12.2. The van der Waals surface area contributed by atoms with Gasteiger partial charge in [0.2, 0.25) is 0 Å². The summed E-state index contributed by atoms with van der Waals surface area (Å²) in [6, 6.07) is 17.8. The maximum Gasteiger partial charge on any atom is 0.261 e. The number of carbonyl (C=O) groups is 1. The van der Waals surface area contributed by atoms with Crippen molar-refractivity contribution in [1.82, 2.24) is 14.9 Å². The van der Waals surface area contributed by atoms with Crippen LogP contribution in [0, 0.1) is 5.82 Å². The maximum atomic E-state index is 14.2. The number of aromatic nitrogens is 2. The molecule has 0 unspecified atom stereocenters. The molecule has 6 heteroatoms. The minimum atomic E-state index is -0.321. The number of imidazole rings is 1. The van der Waals surface area contributed by atoms with Crippen LogP contribution in [0.3, 0.4) is 0 Å². The number of amides is 1. The Labute approximate surface area is 160 Å². The molecule has 4 aromatic rings. The van der Waals surface area contributed by atoms with Crippen LogP contribution in [-0.2, 0) is 6.54 Å². The molecule has 2 aromatic carbocycles. The van der Waals surface area contributed by atoms with Gasteiger partial charge in [-0.1, -0.05) is 36.4 Å². The van der Waals surface area contributed by atoms with Crippen molar-refractivity contribution in [1.29, 1.82) is 0 Å². The van der Waals surface area contributed by atoms with E-state index in [2.05, 4.69) is 5.32 Å². The van der Waals surface area contributed by atoms with Gasteiger partial charge in [-0.2, -0.15) is 0 Å². The van der Waals surface area contributed by atoms with Gasteiger partial charge in [0.25, 0.3) is 5.91 Å². The lowest BCUT2D eigenvalue weighted by Gasteiger charge is -2.16. The molecule has 0 saturated carbocycles. The summed E-state index contributed by atoms with van der Waals surface area (Å²) in [6.45, 7) is 2.24. The predicted octanol–water partition coefficient (Wildman–Crippen LogP) is 4.78. The number of hydrogen-bond acceptors (Lipinski definition) is 3. The highest BCUT2D eigenvalue weighted by Crippen LogP contribution is 2.23. The van der Waals surface area contributed by atoms with Gasteiger partial charge < -0.3 is 9.88 Å². The first-order valence-corrected chi connectivity index (χ1v) is 9.54. The van der Waals surface area contributed by atoms with Gasteiger partial charge in [0.05, 0.1) is 28.5 Å². The number of nitrogens with one attached hydrogen (secondary N) is 1. The van der Waals surface area contributed by atoms with Crippen LogP contribution in [-0.4, -0.2) is 15.5 Å². The number of para-hydroxylation sites is 2. The quantitative estimate of drug-likeness (QED) is 0.543. The van der Waals surface area contributed by atoms with E-state index >= 15 is 0 Å². The second-order valence-electron chi connectivity index (χ2n) is 6.31. The first kappa shape index (κ1) is 17.4. The SMILES string of the molecule is C[C@@H](NC(=O)c1cccs1)c1nc2ccccc2n1Cc1ccccc1F. The van der Waals surface area contributed by atoms with Gasteiger partial charge >= 0.3 is 0 Å². The molecule has 27 heavy (non-hydrogen) atoms. The Morgan fingerprint density at radius 1 is 1.15 bits per heavy atom. The number of thiophene rings is 1. The van der Waals surface area contributed by atoms with Gasteiger partial charge in [-0.25, -0.2) is 9.37 Å². The van der Waals surface area contributed by atoms with E-state index in [1.165, 1.54) is 17.4 Å². The number of rotatable bonds is 5. The van der Waals surface area contributed by atoms with Gasteiger partial charge in [-0.3, -0.25) is 4.79 Å². The fourth-order valence-corrected chi connectivity index (χ4v) is 3.75. The van der Waals surface area contributed by atoms with Gasteiger partial charge in [0.1, 0.15) is 11.6 Å². The molecule has 4 nitrogen and oxygen atoms in total. The molecule has 0 aliphatic rings. The molecule has 1 atom stereocenters. The van der Waals surface area contributed by atoms with E-state index in [0.717, 1.165) is 11.0 Å². The second-order valence-corrected chi connectivity index (χ2v) is 7.26. The zero-order valence-electron chi connectivity index (χ0n) is 14.7. The monoisotopic (exact) mass is 379 g/mol. The van der Waals surface area contributed by atoms with Crippen molar-refractivity contribution in [2.45, 2.75) is 19.5 Å². The topological polar surface area (TPSA) is 46.9 Å². The minimum Gasteiger partial charge on any atom is -0.342 e. The van der Waals surface area contributed by atoms with Crippen molar-refractivity contribution in [3.63, 3.8) is 0 Å². The van der Waals surface area contributed by atoms with Crippen molar-refractivity contribution in [3.8, 4) is 0 Å². The molecule has 136 valence electrons. The molecule has 0 aliphatic carbocycles. The Hall–Kier alpha value is -2.99. The standard InChI is InChI=1S/C21H18FN3OS/c1-14(23-21(26)19-11-6-12-27-19)20-24-17-9-4-5-10-18(17)25(20)13-15-7-2-3-8-16(15)22/h2-12,14H,13H2,1H3,(H,23,26)/t14-/m1/s1. The van der Waals surface area contributed by atoms with Gasteiger partial charge in [0, 0.05) is 5.56 Å². The van der Waals surface area contributed by atoms with Crippen LogP contribution in [0.15, 0.2) is 66.0 Å². The van der Waals surface area contributed by atoms with Crippen LogP contribution in [0.4, 0.5) is 4.39 Å². The van der Waals surface area contributed by atoms with Crippen LogP contribution in [0.5, 0.6) is 0 Å². The highest BCUT2D eigenvalue weighted by Gasteiger charge is 2.20. The molecular weight excluding hydrogens is 361 g/mol. The highest BCUT2D eigenvalue weighted by atomic mass is 32.1. The summed E-state index contributed by atoms with van der Waals surface area (Å²) in [5, 5.41) is 4.86. The molecule has 2 heterocycles. The van der Waals surface area contributed by atoms with Crippen LogP contribution in [0.2, 0.25) is 0 Å². The molecule has 1 N–H and O–H groups in total. The summed E-state index contributed by atoms with van der Waals surface area (Å²) in [5.41, 5.74) is 2.31. The van der Waals surface area contributed by atoms with E-state index in [1.54, 1.807) is 18.2 Å². The molecule has 0 radical (unpaired) electrons. The Kier molecular flexibility index (Phi) is 4.73. The highest BCUT2D eigenvalue weighted by molar-refractivity contribution is 7.12. The Bertz CT molecular complexity index is 1090. The van der Waals surface area contributed by atoms with Crippen molar-refractivity contribution in [3.05, 3.63) is 88.1 Å². The van der Waals surface area contributed by atoms with E-state index in [0.29, 0.717) is 22.8 Å². The number of carbonyl (C=O) groups excluding carboxylic acids is 1. The number of hydrogen-bond donors (Lipinski definition) is 1. The third kappa shape index (κ3) is 3.48. The first-order chi connectivity index (χ1) is 13.1. The average molecular weight is 379 g/mol. The van der Waals surface area contributed by atoms with Crippen molar-refractivity contribution in [2.75, 3.05) is 0 Å².